The predicted molar refractivity (Wildman–Crippen MR) is 249 cm³/mol. The Morgan fingerprint density at radius 2 is 1.46 bits per heavy atom. The molecule has 17 nitrogen and oxygen atoms in total. The molecule has 1 saturated heterocycles. The van der Waals surface area contributed by atoms with Crippen molar-refractivity contribution in [3.63, 3.8) is 0 Å². The van der Waals surface area contributed by atoms with E-state index >= 15 is 9.59 Å². The molecule has 70 heavy (non-hydrogen) atoms. The Morgan fingerprint density at radius 3 is 2.01 bits per heavy atom. The van der Waals surface area contributed by atoms with Gasteiger partial charge in [-0.15, -0.1) is 0 Å². The normalized spacial score (nSPS) is 29.6. The number of aliphatic hydroxyl groups excluding tert-OH is 1. The number of nitrogens with zero attached hydrogens (tertiary/aromatic N) is 1. The lowest BCUT2D eigenvalue weighted by atomic mass is 9.44. The Bertz CT molecular complexity index is 2520. The summed E-state index contributed by atoms with van der Waals surface area (Å²) in [7, 11) is 1.70. The summed E-state index contributed by atoms with van der Waals surface area (Å²) in [6.07, 6.45) is -9.89. The van der Waals surface area contributed by atoms with Crippen LogP contribution in [0.25, 0.3) is 0 Å². The van der Waals surface area contributed by atoms with Crippen LogP contribution >= 0.6 is 0 Å². The predicted octanol–water partition coefficient (Wildman–Crippen LogP) is 4.63. The van der Waals surface area contributed by atoms with E-state index in [9.17, 15) is 34.2 Å². The van der Waals surface area contributed by atoms with E-state index in [2.05, 4.69) is 5.32 Å². The number of nitrogens with one attached hydrogen (secondary N) is 1. The lowest BCUT2D eigenvalue weighted by Gasteiger charge is -2.67. The Balaban J connectivity index is 1.42. The highest BCUT2D eigenvalue weighted by atomic mass is 16.6. The summed E-state index contributed by atoms with van der Waals surface area (Å²) in [4.78, 5) is 101. The van der Waals surface area contributed by atoms with Crippen LogP contribution in [0.3, 0.4) is 0 Å². The van der Waals surface area contributed by atoms with E-state index in [1.807, 2.05) is 6.92 Å². The number of amides is 1. The first kappa shape index (κ1) is 51.6. The van der Waals surface area contributed by atoms with Crippen LogP contribution in [0.2, 0.25) is 0 Å². The first-order chi connectivity index (χ1) is 33.1. The average molecular weight is 967 g/mol. The van der Waals surface area contributed by atoms with Gasteiger partial charge < -0.3 is 44.0 Å². The van der Waals surface area contributed by atoms with E-state index in [1.165, 1.54) is 26.0 Å². The smallest absolute Gasteiger partial charge is 0.350 e. The summed E-state index contributed by atoms with van der Waals surface area (Å²) in [5.74, 6) is -7.71. The summed E-state index contributed by atoms with van der Waals surface area (Å²) in [6, 6.07) is 23.0. The molecular weight excluding hydrogens is 905 g/mol. The van der Waals surface area contributed by atoms with Gasteiger partial charge in [0.05, 0.1) is 36.2 Å². The molecule has 0 radical (unpaired) electrons. The van der Waals surface area contributed by atoms with Crippen molar-refractivity contribution in [1.82, 2.24) is 10.2 Å². The maximum absolute atomic E-state index is 15.7. The minimum Gasteiger partial charge on any atom is -0.455 e. The van der Waals surface area contributed by atoms with Gasteiger partial charge in [0.15, 0.2) is 17.5 Å². The second kappa shape index (κ2) is 20.2. The number of Topliss-reactive ketones (excluding diaryl/α,β-unsaturated/α-hetero) is 1. The molecule has 3 aromatic carbocycles. The first-order valence-electron chi connectivity index (χ1n) is 23.5. The van der Waals surface area contributed by atoms with Crippen LogP contribution in [-0.4, -0.2) is 131 Å². The van der Waals surface area contributed by atoms with Gasteiger partial charge in [0.2, 0.25) is 6.10 Å². The lowest BCUT2D eigenvalue weighted by molar-refractivity contribution is -0.346. The molecule has 1 aliphatic heterocycles. The number of carbonyl (C=O) groups is 7. The minimum atomic E-state index is -2.44. The van der Waals surface area contributed by atoms with Gasteiger partial charge in [0, 0.05) is 37.7 Å². The van der Waals surface area contributed by atoms with E-state index in [-0.39, 0.29) is 41.8 Å². The van der Waals surface area contributed by atoms with Crippen molar-refractivity contribution in [3.8, 4) is 0 Å². The molecule has 17 heteroatoms. The number of fused-ring (bicyclic) bond motifs is 5. The third-order valence-electron chi connectivity index (χ3n) is 14.7. The molecule has 374 valence electrons. The monoisotopic (exact) mass is 966 g/mol. The van der Waals surface area contributed by atoms with E-state index < -0.39 is 119 Å². The van der Waals surface area contributed by atoms with Gasteiger partial charge in [0.25, 0.3) is 5.91 Å². The molecule has 3 fully saturated rings. The molecule has 4 aliphatic rings. The van der Waals surface area contributed by atoms with Gasteiger partial charge in [-0.1, -0.05) is 87.5 Å². The van der Waals surface area contributed by atoms with Crippen molar-refractivity contribution in [1.29, 1.82) is 0 Å². The maximum Gasteiger partial charge on any atom is 0.350 e. The summed E-state index contributed by atoms with van der Waals surface area (Å²) >= 11 is 0. The van der Waals surface area contributed by atoms with Gasteiger partial charge in [-0.25, -0.2) is 9.59 Å². The van der Waals surface area contributed by atoms with Gasteiger partial charge in [0.1, 0.15) is 30.0 Å². The van der Waals surface area contributed by atoms with Crippen molar-refractivity contribution in [2.24, 2.45) is 16.7 Å². The molecule has 0 spiro atoms. The molecule has 3 unspecified atom stereocenters. The van der Waals surface area contributed by atoms with Crippen LogP contribution in [-0.2, 0) is 52.4 Å². The van der Waals surface area contributed by atoms with Crippen LogP contribution in [0.15, 0.2) is 102 Å². The van der Waals surface area contributed by atoms with E-state index in [0.717, 1.165) is 13.8 Å². The molecule has 3 aromatic rings. The number of likely N-dealkylation sites (N-methyl/N-ethyl adjacent to an activating group) is 1. The zero-order valence-electron chi connectivity index (χ0n) is 40.7. The Kier molecular flexibility index (Phi) is 14.9. The van der Waals surface area contributed by atoms with Gasteiger partial charge in [-0.05, 0) is 74.8 Å². The number of hydrogen-bond acceptors (Lipinski definition) is 16. The zero-order chi connectivity index (χ0) is 50.9. The fourth-order valence-electron chi connectivity index (χ4n) is 11.1. The summed E-state index contributed by atoms with van der Waals surface area (Å²) in [6.45, 7) is 10.2. The van der Waals surface area contributed by atoms with Crippen molar-refractivity contribution >= 4 is 41.5 Å². The van der Waals surface area contributed by atoms with Crippen LogP contribution < -0.4 is 5.32 Å². The third kappa shape index (κ3) is 9.39. The number of benzene rings is 3. The molecule has 2 bridgehead atoms. The number of ketones is 1. The summed E-state index contributed by atoms with van der Waals surface area (Å²) in [5, 5.41) is 29.0. The van der Waals surface area contributed by atoms with E-state index in [4.69, 9.17) is 28.4 Å². The standard InChI is InChI=1S/C53H62N2O15/c1-9-25-55(8)28-39(59)68-43(41(33-19-13-10-14-20-33)54-47(61)34-21-15-11-16-22-34)49(63)67-36-27-53(64)46(69-48(62)35-23-17-12-18-24-35)44-51(7,37(58)26-38-52(44,29-65-38)70-32(4)57)45(60)42(66-31(3)56)40(30(36)2)50(53,5)6/h10-24,36-38,41-44,46,58,64H,9,25-29H2,1-8H3,(H,54,61)/t36-,37-,38?,41-,42+,43+,44?,46?,51+,52-,53+/m0/s1. The highest BCUT2D eigenvalue weighted by Gasteiger charge is 2.78. The molecule has 11 atom stereocenters. The molecule has 2 saturated carbocycles. The van der Waals surface area contributed by atoms with Crippen molar-refractivity contribution < 1.29 is 72.2 Å². The van der Waals surface area contributed by atoms with Gasteiger partial charge >= 0.3 is 29.8 Å². The summed E-state index contributed by atoms with van der Waals surface area (Å²) < 4.78 is 36.9. The van der Waals surface area contributed by atoms with Crippen molar-refractivity contribution in [3.05, 3.63) is 119 Å². The molecule has 7 rings (SSSR count). The number of rotatable bonds is 15. The fraction of sp³-hybridized carbons (Fsp3) is 0.491. The van der Waals surface area contributed by atoms with Crippen LogP contribution in [0, 0.1) is 16.7 Å². The molecule has 3 N–H and O–H groups in total. The number of hydrogen-bond donors (Lipinski definition) is 3. The second-order valence-electron chi connectivity index (χ2n) is 19.6. The second-order valence-corrected chi connectivity index (χ2v) is 19.6. The highest BCUT2D eigenvalue weighted by Crippen LogP contribution is 2.64. The Morgan fingerprint density at radius 1 is 0.857 bits per heavy atom. The van der Waals surface area contributed by atoms with Crippen LogP contribution in [0.5, 0.6) is 0 Å². The molecule has 3 aliphatic carbocycles. The average Bonchev–Trinajstić information content (AvgIpc) is 3.31. The largest absolute Gasteiger partial charge is 0.455 e. The van der Waals surface area contributed by atoms with Crippen molar-refractivity contribution in [2.45, 2.75) is 122 Å². The van der Waals surface area contributed by atoms with Crippen LogP contribution in [0.1, 0.15) is 100 Å². The Hall–Kier alpha value is -6.27. The fourth-order valence-corrected chi connectivity index (χ4v) is 11.1. The molecule has 1 heterocycles. The number of ether oxygens (including phenoxy) is 6. The highest BCUT2D eigenvalue weighted by molar-refractivity contribution is 5.96. The third-order valence-corrected chi connectivity index (χ3v) is 14.7. The van der Waals surface area contributed by atoms with E-state index in [0.29, 0.717) is 18.5 Å². The van der Waals surface area contributed by atoms with Gasteiger partial charge in [-0.2, -0.15) is 0 Å². The number of carbonyl (C=O) groups excluding carboxylic acids is 7. The molecule has 1 amide bonds. The van der Waals surface area contributed by atoms with Crippen molar-refractivity contribution in [2.75, 3.05) is 26.7 Å². The first-order valence-corrected chi connectivity index (χ1v) is 23.5. The topological polar surface area (TPSA) is 231 Å². The SMILES string of the molecule is CCCN(C)CC(=O)O[C@@H](C(=O)O[C@H]1C[C@@]2(O)C(OC(=O)c3ccccc3)C3[C@]4(OC(C)=O)COC4C[C@H](O)[C@@]3(C)C(=O)[C@H](OC(C)=O)C(=C1C)C2(C)C)[C@@H](NC(=O)c1ccccc1)c1ccccc1. The molecular formula is C53H62N2O15. The lowest BCUT2D eigenvalue weighted by Crippen LogP contribution is -2.82. The molecule has 0 aromatic heterocycles. The maximum atomic E-state index is 15.7. The quantitative estimate of drug-likeness (QED) is 0.107. The zero-order valence-corrected chi connectivity index (χ0v) is 40.7. The summed E-state index contributed by atoms with van der Waals surface area (Å²) in [5.41, 5.74) is -7.25. The van der Waals surface area contributed by atoms with Crippen LogP contribution in [0.4, 0.5) is 0 Å². The number of esters is 5. The number of aliphatic hydroxyl groups is 2. The van der Waals surface area contributed by atoms with E-state index in [1.54, 1.807) is 105 Å². The van der Waals surface area contributed by atoms with Gasteiger partial charge in [-0.3, -0.25) is 28.9 Å². The Labute approximate surface area is 406 Å². The minimum absolute atomic E-state index is 0.0212.